The van der Waals surface area contributed by atoms with E-state index in [0.29, 0.717) is 31.8 Å². The fourth-order valence-electron chi connectivity index (χ4n) is 3.19. The number of aliphatic hydroxyl groups excluding tert-OH is 2. The van der Waals surface area contributed by atoms with Crippen LogP contribution in [-0.2, 0) is 18.9 Å². The molecule has 6 heteroatoms. The molecule has 4 atom stereocenters. The maximum Gasteiger partial charge on any atom is 0.101 e. The van der Waals surface area contributed by atoms with Gasteiger partial charge in [0.2, 0.25) is 0 Å². The van der Waals surface area contributed by atoms with Crippen molar-refractivity contribution in [2.75, 3.05) is 39.6 Å². The zero-order valence-corrected chi connectivity index (χ0v) is 19.1. The van der Waals surface area contributed by atoms with Crippen molar-refractivity contribution in [2.24, 2.45) is 5.41 Å². The summed E-state index contributed by atoms with van der Waals surface area (Å²) in [6.45, 7) is 14.5. The second-order valence-electron chi connectivity index (χ2n) is 8.40. The molecule has 0 aromatic carbocycles. The molecule has 0 amide bonds. The predicted octanol–water partition coefficient (Wildman–Crippen LogP) is 3.57. The third kappa shape index (κ3) is 14.7. The monoisotopic (exact) mass is 406 g/mol. The van der Waals surface area contributed by atoms with Gasteiger partial charge in [0, 0.05) is 6.61 Å². The second-order valence-corrected chi connectivity index (χ2v) is 8.40. The maximum absolute atomic E-state index is 10.0. The molecule has 0 spiro atoms. The summed E-state index contributed by atoms with van der Waals surface area (Å²) in [5.41, 5.74) is 0.339. The highest BCUT2D eigenvalue weighted by molar-refractivity contribution is 4.73. The Bertz CT molecular complexity index is 346. The molecule has 0 aliphatic heterocycles. The van der Waals surface area contributed by atoms with Gasteiger partial charge in [-0.25, -0.2) is 0 Å². The highest BCUT2D eigenvalue weighted by atomic mass is 16.6. The molecule has 4 unspecified atom stereocenters. The minimum absolute atomic E-state index is 0.00262. The Hall–Kier alpha value is -0.240. The Kier molecular flexibility index (Phi) is 16.4. The Balaban J connectivity index is 3.83. The van der Waals surface area contributed by atoms with Gasteiger partial charge in [0.15, 0.2) is 0 Å². The number of hydrogen-bond donors (Lipinski definition) is 2. The Morgan fingerprint density at radius 1 is 0.750 bits per heavy atom. The molecule has 28 heavy (non-hydrogen) atoms. The first-order valence-corrected chi connectivity index (χ1v) is 11.0. The highest BCUT2D eigenvalue weighted by Crippen LogP contribution is 2.32. The van der Waals surface area contributed by atoms with E-state index >= 15 is 0 Å². The standard InChI is InChI=1S/C22H46O6/c1-7-9-22(6,10-8-2)11-12-25-16-21(24)17-28-20(5)15-27-19(4)14-26-18(3)13-23/h18-21,23-24H,7-17H2,1-6H3. The van der Waals surface area contributed by atoms with Crippen LogP contribution in [0.5, 0.6) is 0 Å². The normalized spacial score (nSPS) is 16.7. The summed E-state index contributed by atoms with van der Waals surface area (Å²) in [6, 6.07) is 0. The van der Waals surface area contributed by atoms with Crippen molar-refractivity contribution in [3.8, 4) is 0 Å². The van der Waals surface area contributed by atoms with Gasteiger partial charge in [-0.05, 0) is 45.4 Å². The van der Waals surface area contributed by atoms with Crippen LogP contribution in [0.4, 0.5) is 0 Å². The van der Waals surface area contributed by atoms with Crippen LogP contribution in [0.2, 0.25) is 0 Å². The van der Waals surface area contributed by atoms with Crippen LogP contribution in [-0.4, -0.2) is 74.3 Å². The van der Waals surface area contributed by atoms with Crippen LogP contribution in [0.1, 0.15) is 73.6 Å². The summed E-state index contributed by atoms with van der Waals surface area (Å²) in [4.78, 5) is 0. The van der Waals surface area contributed by atoms with Gasteiger partial charge in [-0.3, -0.25) is 0 Å². The van der Waals surface area contributed by atoms with Crippen molar-refractivity contribution in [3.05, 3.63) is 0 Å². The lowest BCUT2D eigenvalue weighted by Crippen LogP contribution is -2.29. The lowest BCUT2D eigenvalue weighted by atomic mass is 9.79. The van der Waals surface area contributed by atoms with Crippen molar-refractivity contribution < 1.29 is 29.2 Å². The zero-order chi connectivity index (χ0) is 21.4. The molecular weight excluding hydrogens is 360 g/mol. The topological polar surface area (TPSA) is 77.4 Å². The van der Waals surface area contributed by atoms with Crippen LogP contribution in [0.15, 0.2) is 0 Å². The summed E-state index contributed by atoms with van der Waals surface area (Å²) >= 11 is 0. The van der Waals surface area contributed by atoms with Gasteiger partial charge in [0.1, 0.15) is 6.10 Å². The van der Waals surface area contributed by atoms with Crippen molar-refractivity contribution >= 4 is 0 Å². The fourth-order valence-corrected chi connectivity index (χ4v) is 3.19. The van der Waals surface area contributed by atoms with E-state index in [9.17, 15) is 5.11 Å². The average Bonchev–Trinajstić information content (AvgIpc) is 2.66. The van der Waals surface area contributed by atoms with Gasteiger partial charge >= 0.3 is 0 Å². The molecule has 0 radical (unpaired) electrons. The predicted molar refractivity (Wildman–Crippen MR) is 113 cm³/mol. The number of rotatable bonds is 19. The Morgan fingerprint density at radius 2 is 1.25 bits per heavy atom. The molecule has 0 saturated carbocycles. The van der Waals surface area contributed by atoms with Gasteiger partial charge in [-0.2, -0.15) is 0 Å². The van der Waals surface area contributed by atoms with E-state index < -0.39 is 6.10 Å². The van der Waals surface area contributed by atoms with Crippen molar-refractivity contribution in [3.63, 3.8) is 0 Å². The van der Waals surface area contributed by atoms with Gasteiger partial charge in [0.25, 0.3) is 0 Å². The summed E-state index contributed by atoms with van der Waals surface area (Å²) in [6.07, 6.45) is 4.84. The second kappa shape index (κ2) is 16.5. The third-order valence-electron chi connectivity index (χ3n) is 4.93. The van der Waals surface area contributed by atoms with Crippen LogP contribution >= 0.6 is 0 Å². The first-order chi connectivity index (χ1) is 13.3. The first kappa shape index (κ1) is 27.8. The molecule has 0 aliphatic rings. The number of ether oxygens (including phenoxy) is 4. The van der Waals surface area contributed by atoms with Crippen molar-refractivity contribution in [1.82, 2.24) is 0 Å². The average molecular weight is 407 g/mol. The van der Waals surface area contributed by atoms with E-state index in [-0.39, 0.29) is 31.5 Å². The van der Waals surface area contributed by atoms with E-state index in [4.69, 9.17) is 24.1 Å². The minimum atomic E-state index is -0.628. The van der Waals surface area contributed by atoms with Crippen LogP contribution in [0.25, 0.3) is 0 Å². The number of aliphatic hydroxyl groups is 2. The summed E-state index contributed by atoms with van der Waals surface area (Å²) in [5.74, 6) is 0. The summed E-state index contributed by atoms with van der Waals surface area (Å²) in [5, 5.41) is 19.0. The molecule has 2 N–H and O–H groups in total. The van der Waals surface area contributed by atoms with Gasteiger partial charge in [0.05, 0.1) is 51.3 Å². The SMILES string of the molecule is CCCC(C)(CCC)CCOCC(O)COC(C)COC(C)COC(C)CO. The smallest absolute Gasteiger partial charge is 0.101 e. The van der Waals surface area contributed by atoms with E-state index in [1.54, 1.807) is 0 Å². The molecule has 0 aromatic heterocycles. The molecular formula is C22H46O6. The maximum atomic E-state index is 10.0. The molecule has 0 rings (SSSR count). The molecule has 0 saturated heterocycles. The lowest BCUT2D eigenvalue weighted by Gasteiger charge is -2.29. The Morgan fingerprint density at radius 3 is 1.75 bits per heavy atom. The van der Waals surface area contributed by atoms with Gasteiger partial charge in [-0.1, -0.05) is 33.6 Å². The van der Waals surface area contributed by atoms with Crippen LogP contribution in [0.3, 0.4) is 0 Å². The molecule has 0 heterocycles. The zero-order valence-electron chi connectivity index (χ0n) is 19.1. The van der Waals surface area contributed by atoms with Crippen LogP contribution < -0.4 is 0 Å². The quantitative estimate of drug-likeness (QED) is 0.319. The fraction of sp³-hybridized carbons (Fsp3) is 1.00. The van der Waals surface area contributed by atoms with E-state index in [0.717, 1.165) is 6.42 Å². The van der Waals surface area contributed by atoms with Crippen molar-refractivity contribution in [1.29, 1.82) is 0 Å². The van der Waals surface area contributed by atoms with E-state index in [2.05, 4.69) is 20.8 Å². The summed E-state index contributed by atoms with van der Waals surface area (Å²) in [7, 11) is 0. The van der Waals surface area contributed by atoms with E-state index in [1.807, 2.05) is 20.8 Å². The van der Waals surface area contributed by atoms with Gasteiger partial charge in [-0.15, -0.1) is 0 Å². The molecule has 0 aromatic rings. The molecule has 0 bridgehead atoms. The molecule has 170 valence electrons. The molecule has 0 fully saturated rings. The minimum Gasteiger partial charge on any atom is -0.394 e. The van der Waals surface area contributed by atoms with Crippen LogP contribution in [0, 0.1) is 5.41 Å². The largest absolute Gasteiger partial charge is 0.394 e. The summed E-state index contributed by atoms with van der Waals surface area (Å²) < 4.78 is 22.4. The third-order valence-corrected chi connectivity index (χ3v) is 4.93. The lowest BCUT2D eigenvalue weighted by molar-refractivity contribution is -0.0914. The molecule has 6 nitrogen and oxygen atoms in total. The van der Waals surface area contributed by atoms with Gasteiger partial charge < -0.3 is 29.2 Å². The Labute approximate surface area is 172 Å². The highest BCUT2D eigenvalue weighted by Gasteiger charge is 2.22. The first-order valence-electron chi connectivity index (χ1n) is 11.0. The van der Waals surface area contributed by atoms with E-state index in [1.165, 1.54) is 25.7 Å². The molecule has 0 aliphatic carbocycles. The number of hydrogen-bond acceptors (Lipinski definition) is 6. The van der Waals surface area contributed by atoms with Crippen molar-refractivity contribution in [2.45, 2.75) is 98.1 Å².